The first kappa shape index (κ1) is 16.0. The summed E-state index contributed by atoms with van der Waals surface area (Å²) in [5, 5.41) is 18.9. The molecule has 1 aromatic carbocycles. The second-order valence-electron chi connectivity index (χ2n) is 4.01. The Morgan fingerprint density at radius 2 is 2.00 bits per heavy atom. The van der Waals surface area contributed by atoms with Crippen molar-refractivity contribution in [2.75, 3.05) is 6.61 Å². The van der Waals surface area contributed by atoms with Crippen molar-refractivity contribution in [2.45, 2.75) is 13.3 Å². The third kappa shape index (κ3) is 4.87. The summed E-state index contributed by atoms with van der Waals surface area (Å²) in [7, 11) is 0. The maximum atomic E-state index is 11.7. The van der Waals surface area contributed by atoms with Gasteiger partial charge in [-0.05, 0) is 30.7 Å². The SMILES string of the molecule is CC(=O)/C(=C\c1ccc([N+](=O)[O-])cc1)C(=O)OCCC#N. The fraction of sp³-hybridized carbons (Fsp3) is 0.214. The number of nitro groups is 1. The van der Waals surface area contributed by atoms with Gasteiger partial charge in [-0.2, -0.15) is 5.26 Å². The average molecular weight is 288 g/mol. The molecule has 0 aliphatic rings. The zero-order valence-corrected chi connectivity index (χ0v) is 11.2. The number of rotatable bonds is 6. The second kappa shape index (κ2) is 7.55. The fourth-order valence-corrected chi connectivity index (χ4v) is 1.43. The van der Waals surface area contributed by atoms with Crippen LogP contribution in [0.5, 0.6) is 0 Å². The monoisotopic (exact) mass is 288 g/mol. The molecule has 0 spiro atoms. The molecular formula is C14H12N2O5. The Hall–Kier alpha value is -3.01. The predicted octanol–water partition coefficient (Wildman–Crippen LogP) is 2.02. The summed E-state index contributed by atoms with van der Waals surface area (Å²) in [6, 6.07) is 7.19. The Labute approximate surface area is 120 Å². The van der Waals surface area contributed by atoms with Crippen LogP contribution in [0.2, 0.25) is 0 Å². The molecule has 1 aromatic rings. The number of nitriles is 1. The number of nitrogens with zero attached hydrogens (tertiary/aromatic N) is 2. The van der Waals surface area contributed by atoms with E-state index in [9.17, 15) is 19.7 Å². The highest BCUT2D eigenvalue weighted by atomic mass is 16.6. The van der Waals surface area contributed by atoms with Crippen molar-refractivity contribution >= 4 is 23.5 Å². The first-order chi connectivity index (χ1) is 9.95. The van der Waals surface area contributed by atoms with E-state index in [1.165, 1.54) is 37.3 Å². The van der Waals surface area contributed by atoms with Crippen LogP contribution in [0.4, 0.5) is 5.69 Å². The number of hydrogen-bond acceptors (Lipinski definition) is 6. The summed E-state index contributed by atoms with van der Waals surface area (Å²) in [6.45, 7) is 1.11. The number of esters is 1. The Kier molecular flexibility index (Phi) is 5.77. The van der Waals surface area contributed by atoms with Crippen LogP contribution in [0.25, 0.3) is 6.08 Å². The molecule has 0 atom stereocenters. The summed E-state index contributed by atoms with van der Waals surface area (Å²) >= 11 is 0. The summed E-state index contributed by atoms with van der Waals surface area (Å²) in [6.07, 6.45) is 1.33. The van der Waals surface area contributed by atoms with E-state index in [1.54, 1.807) is 0 Å². The fourth-order valence-electron chi connectivity index (χ4n) is 1.43. The number of hydrogen-bond donors (Lipinski definition) is 0. The Balaban J connectivity index is 2.94. The highest BCUT2D eigenvalue weighted by Crippen LogP contribution is 2.15. The van der Waals surface area contributed by atoms with E-state index in [4.69, 9.17) is 10.00 Å². The van der Waals surface area contributed by atoms with Gasteiger partial charge >= 0.3 is 5.97 Å². The number of ether oxygens (including phenoxy) is 1. The quantitative estimate of drug-likeness (QED) is 0.151. The Morgan fingerprint density at radius 1 is 1.38 bits per heavy atom. The van der Waals surface area contributed by atoms with Crippen LogP contribution in [0.3, 0.4) is 0 Å². The van der Waals surface area contributed by atoms with E-state index in [0.29, 0.717) is 5.56 Å². The molecule has 0 fully saturated rings. The number of Topliss-reactive ketones (excluding diaryl/α,β-unsaturated/α-hetero) is 1. The molecule has 0 radical (unpaired) electrons. The zero-order valence-electron chi connectivity index (χ0n) is 11.2. The van der Waals surface area contributed by atoms with Crippen molar-refractivity contribution < 1.29 is 19.2 Å². The lowest BCUT2D eigenvalue weighted by molar-refractivity contribution is -0.384. The van der Waals surface area contributed by atoms with E-state index in [2.05, 4.69) is 0 Å². The minimum atomic E-state index is -0.823. The second-order valence-corrected chi connectivity index (χ2v) is 4.01. The Morgan fingerprint density at radius 3 is 2.48 bits per heavy atom. The number of ketones is 1. The highest BCUT2D eigenvalue weighted by Gasteiger charge is 2.16. The number of benzene rings is 1. The van der Waals surface area contributed by atoms with Crippen LogP contribution in [0.15, 0.2) is 29.8 Å². The molecule has 0 aliphatic carbocycles. The molecule has 0 N–H and O–H groups in total. The van der Waals surface area contributed by atoms with Crippen LogP contribution in [0, 0.1) is 21.4 Å². The average Bonchev–Trinajstić information content (AvgIpc) is 2.45. The lowest BCUT2D eigenvalue weighted by atomic mass is 10.1. The topological polar surface area (TPSA) is 110 Å². The van der Waals surface area contributed by atoms with E-state index in [-0.39, 0.29) is 24.3 Å². The number of carbonyl (C=O) groups excluding carboxylic acids is 2. The van der Waals surface area contributed by atoms with E-state index in [1.807, 2.05) is 6.07 Å². The molecule has 0 aliphatic heterocycles. The van der Waals surface area contributed by atoms with Crippen molar-refractivity contribution in [2.24, 2.45) is 0 Å². The summed E-state index contributed by atoms with van der Waals surface area (Å²) in [5.41, 5.74) is 0.193. The molecule has 0 heterocycles. The number of carbonyl (C=O) groups is 2. The van der Waals surface area contributed by atoms with Crippen LogP contribution in [0.1, 0.15) is 18.9 Å². The van der Waals surface area contributed by atoms with Gasteiger partial charge in [-0.25, -0.2) is 4.79 Å². The molecule has 0 saturated heterocycles. The summed E-state index contributed by atoms with van der Waals surface area (Å²) < 4.78 is 4.78. The van der Waals surface area contributed by atoms with E-state index in [0.717, 1.165) is 0 Å². The first-order valence-electron chi connectivity index (χ1n) is 5.97. The minimum Gasteiger partial charge on any atom is -0.461 e. The van der Waals surface area contributed by atoms with Crippen molar-refractivity contribution in [3.05, 3.63) is 45.5 Å². The van der Waals surface area contributed by atoms with Gasteiger partial charge < -0.3 is 4.74 Å². The van der Waals surface area contributed by atoms with Crippen LogP contribution in [-0.4, -0.2) is 23.3 Å². The van der Waals surface area contributed by atoms with E-state index >= 15 is 0 Å². The largest absolute Gasteiger partial charge is 0.461 e. The molecular weight excluding hydrogens is 276 g/mol. The number of non-ortho nitro benzene ring substituents is 1. The zero-order chi connectivity index (χ0) is 15.8. The molecule has 0 bridgehead atoms. The van der Waals surface area contributed by atoms with Crippen LogP contribution >= 0.6 is 0 Å². The lowest BCUT2D eigenvalue weighted by Gasteiger charge is -2.04. The van der Waals surface area contributed by atoms with Crippen molar-refractivity contribution in [1.82, 2.24) is 0 Å². The molecule has 21 heavy (non-hydrogen) atoms. The maximum absolute atomic E-state index is 11.7. The molecule has 0 aromatic heterocycles. The normalized spacial score (nSPS) is 10.6. The molecule has 7 nitrogen and oxygen atoms in total. The predicted molar refractivity (Wildman–Crippen MR) is 72.9 cm³/mol. The number of nitro benzene ring substituents is 1. The molecule has 0 unspecified atom stereocenters. The molecule has 0 amide bonds. The van der Waals surface area contributed by atoms with Gasteiger partial charge in [-0.1, -0.05) is 0 Å². The lowest BCUT2D eigenvalue weighted by Crippen LogP contribution is -2.14. The molecule has 108 valence electrons. The van der Waals surface area contributed by atoms with Gasteiger partial charge in [-0.15, -0.1) is 0 Å². The van der Waals surface area contributed by atoms with Gasteiger partial charge in [0.2, 0.25) is 0 Å². The van der Waals surface area contributed by atoms with Crippen molar-refractivity contribution in [1.29, 1.82) is 5.26 Å². The van der Waals surface area contributed by atoms with Crippen molar-refractivity contribution in [3.8, 4) is 6.07 Å². The molecule has 1 rings (SSSR count). The van der Waals surface area contributed by atoms with Gasteiger partial charge in [-0.3, -0.25) is 14.9 Å². The maximum Gasteiger partial charge on any atom is 0.341 e. The minimum absolute atomic E-state index is 0.0362. The van der Waals surface area contributed by atoms with Crippen LogP contribution < -0.4 is 0 Å². The molecule has 7 heteroatoms. The van der Waals surface area contributed by atoms with Gasteiger partial charge in [0, 0.05) is 12.1 Å². The third-order valence-corrected chi connectivity index (χ3v) is 2.46. The van der Waals surface area contributed by atoms with Crippen LogP contribution in [-0.2, 0) is 14.3 Å². The highest BCUT2D eigenvalue weighted by molar-refractivity contribution is 6.19. The smallest absolute Gasteiger partial charge is 0.341 e. The van der Waals surface area contributed by atoms with Gasteiger partial charge in [0.25, 0.3) is 5.69 Å². The Bertz CT molecular complexity index is 626. The van der Waals surface area contributed by atoms with Crippen molar-refractivity contribution in [3.63, 3.8) is 0 Å². The summed E-state index contributed by atoms with van der Waals surface area (Å²) in [5.74, 6) is -1.31. The summed E-state index contributed by atoms with van der Waals surface area (Å²) in [4.78, 5) is 33.2. The van der Waals surface area contributed by atoms with Gasteiger partial charge in [0.1, 0.15) is 12.2 Å². The first-order valence-corrected chi connectivity index (χ1v) is 5.97. The van der Waals surface area contributed by atoms with Gasteiger partial charge in [0.15, 0.2) is 5.78 Å². The van der Waals surface area contributed by atoms with Gasteiger partial charge in [0.05, 0.1) is 17.4 Å². The van der Waals surface area contributed by atoms with E-state index < -0.39 is 16.7 Å². The molecule has 0 saturated carbocycles. The third-order valence-electron chi connectivity index (χ3n) is 2.46. The standard InChI is InChI=1S/C14H12N2O5/c1-10(17)13(14(18)21-8-2-7-15)9-11-3-5-12(6-4-11)16(19)20/h3-6,9H,2,8H2,1H3/b13-9+.